The van der Waals surface area contributed by atoms with Crippen molar-refractivity contribution in [1.82, 2.24) is 29.8 Å². The average Bonchev–Trinajstić information content (AvgIpc) is 3.55. The summed E-state index contributed by atoms with van der Waals surface area (Å²) < 4.78 is 49.0. The smallest absolute Gasteiger partial charge is 0.194 e. The highest BCUT2D eigenvalue weighted by Gasteiger charge is 2.48. The van der Waals surface area contributed by atoms with Crippen molar-refractivity contribution in [1.29, 1.82) is 0 Å². The molecule has 0 spiro atoms. The molecule has 15 heteroatoms. The Balaban J connectivity index is 1.52. The zero-order chi connectivity index (χ0) is 26.4. The van der Waals surface area contributed by atoms with E-state index in [2.05, 4.69) is 20.4 Å². The lowest BCUT2D eigenvalue weighted by Crippen LogP contribution is -2.53. The van der Waals surface area contributed by atoms with Gasteiger partial charge in [-0.05, 0) is 30.3 Å². The third-order valence-corrected chi connectivity index (χ3v) is 6.70. The predicted octanol–water partition coefficient (Wildman–Crippen LogP) is 2.65. The van der Waals surface area contributed by atoms with E-state index in [0.717, 1.165) is 16.8 Å². The van der Waals surface area contributed by atoms with Gasteiger partial charge in [-0.1, -0.05) is 28.4 Å². The van der Waals surface area contributed by atoms with Gasteiger partial charge in [-0.25, -0.2) is 27.5 Å². The van der Waals surface area contributed by atoms with Crippen molar-refractivity contribution in [3.8, 4) is 16.9 Å². The number of benzene rings is 2. The van der Waals surface area contributed by atoms with Crippen molar-refractivity contribution in [3.63, 3.8) is 0 Å². The minimum absolute atomic E-state index is 0.0558. The van der Waals surface area contributed by atoms with E-state index in [9.17, 15) is 28.5 Å². The number of ether oxygens (including phenoxy) is 1. The number of halogens is 5. The lowest BCUT2D eigenvalue weighted by Gasteiger charge is -2.41. The molecule has 2 aromatic heterocycles. The summed E-state index contributed by atoms with van der Waals surface area (Å²) in [5.41, 5.74) is 0.275. The topological polar surface area (TPSA) is 131 Å². The Morgan fingerprint density at radius 3 is 2.41 bits per heavy atom. The third kappa shape index (κ3) is 4.58. The summed E-state index contributed by atoms with van der Waals surface area (Å²) in [7, 11) is 0. The fraction of sp³-hybridized carbons (Fsp3) is 0.273. The quantitative estimate of drug-likeness (QED) is 0.320. The molecule has 3 heterocycles. The molecule has 37 heavy (non-hydrogen) atoms. The van der Waals surface area contributed by atoms with Gasteiger partial charge in [-0.2, -0.15) is 5.10 Å². The number of hydrogen-bond donors (Lipinski definition) is 3. The molecule has 5 atom stereocenters. The minimum Gasteiger partial charge on any atom is -0.394 e. The molecule has 2 aromatic carbocycles. The van der Waals surface area contributed by atoms with Crippen LogP contribution in [0, 0.1) is 17.5 Å². The Hall–Kier alpha value is -3.07. The van der Waals surface area contributed by atoms with Gasteiger partial charge in [0.25, 0.3) is 0 Å². The van der Waals surface area contributed by atoms with E-state index >= 15 is 0 Å². The zero-order valence-corrected chi connectivity index (χ0v) is 20.0. The maximum atomic E-state index is 13.7. The third-order valence-electron chi connectivity index (χ3n) is 5.96. The molecule has 0 radical (unpaired) electrons. The zero-order valence-electron chi connectivity index (χ0n) is 18.5. The highest BCUT2D eigenvalue weighted by atomic mass is 35.5. The van der Waals surface area contributed by atoms with Crippen molar-refractivity contribution in [2.75, 3.05) is 6.61 Å². The van der Waals surface area contributed by atoms with E-state index < -0.39 is 54.5 Å². The second-order valence-electron chi connectivity index (χ2n) is 8.22. The van der Waals surface area contributed by atoms with Crippen molar-refractivity contribution in [2.45, 2.75) is 30.5 Å². The Morgan fingerprint density at radius 2 is 1.73 bits per heavy atom. The highest BCUT2D eigenvalue weighted by Crippen LogP contribution is 2.38. The fourth-order valence-corrected chi connectivity index (χ4v) is 4.44. The molecule has 0 unspecified atom stereocenters. The van der Waals surface area contributed by atoms with Gasteiger partial charge >= 0.3 is 0 Å². The van der Waals surface area contributed by atoms with Crippen molar-refractivity contribution in [2.24, 2.45) is 0 Å². The van der Waals surface area contributed by atoms with Crippen LogP contribution in [0.15, 0.2) is 42.9 Å². The molecule has 1 saturated heterocycles. The van der Waals surface area contributed by atoms with Gasteiger partial charge in [0.2, 0.25) is 0 Å². The molecule has 0 aliphatic carbocycles. The maximum Gasteiger partial charge on any atom is 0.194 e. The first-order valence-corrected chi connectivity index (χ1v) is 11.5. The van der Waals surface area contributed by atoms with E-state index in [1.54, 1.807) is 12.1 Å². The second kappa shape index (κ2) is 10.0. The summed E-state index contributed by atoms with van der Waals surface area (Å²) in [5.74, 6) is -4.36. The molecule has 4 aromatic rings. The van der Waals surface area contributed by atoms with Gasteiger partial charge in [0.1, 0.15) is 42.5 Å². The van der Waals surface area contributed by atoms with Gasteiger partial charge in [0.05, 0.1) is 28.5 Å². The minimum atomic E-state index is -1.63. The number of hydrogen-bond acceptors (Lipinski definition) is 8. The monoisotopic (exact) mass is 556 g/mol. The first kappa shape index (κ1) is 25.6. The number of rotatable bonds is 5. The Morgan fingerprint density at radius 1 is 1.00 bits per heavy atom. The summed E-state index contributed by atoms with van der Waals surface area (Å²) in [6, 6.07) is 4.92. The van der Waals surface area contributed by atoms with Crippen LogP contribution in [-0.4, -0.2) is 70.0 Å². The van der Waals surface area contributed by atoms with Gasteiger partial charge < -0.3 is 20.1 Å². The Labute approximate surface area is 216 Å². The SMILES string of the molecule is OC[C@H]1O[C@@H](c2ncnn2-c2ccc(Cl)c(Cl)c2)[C@H](O)[C@@H](n2cc(-c3cc(F)c(F)c(F)c3)nn2)[C@H]1O. The molecular formula is C22H17Cl2F3N6O4. The maximum absolute atomic E-state index is 13.7. The van der Waals surface area contributed by atoms with E-state index in [4.69, 9.17) is 27.9 Å². The Bertz CT molecular complexity index is 1430. The second-order valence-corrected chi connectivity index (χ2v) is 9.03. The number of aromatic nitrogens is 6. The summed E-state index contributed by atoms with van der Waals surface area (Å²) >= 11 is 12.1. The number of aliphatic hydroxyl groups excluding tert-OH is 3. The lowest BCUT2D eigenvalue weighted by molar-refractivity contribution is -0.210. The first-order chi connectivity index (χ1) is 17.7. The van der Waals surface area contributed by atoms with Crippen LogP contribution in [-0.2, 0) is 4.74 Å². The van der Waals surface area contributed by atoms with E-state index in [0.29, 0.717) is 10.7 Å². The van der Waals surface area contributed by atoms with Crippen LogP contribution < -0.4 is 0 Å². The molecule has 3 N–H and O–H groups in total. The van der Waals surface area contributed by atoms with E-state index in [1.807, 2.05) is 0 Å². The molecular weight excluding hydrogens is 540 g/mol. The van der Waals surface area contributed by atoms with Crippen LogP contribution in [0.5, 0.6) is 0 Å². The molecule has 1 aliphatic rings. The molecule has 194 valence electrons. The van der Waals surface area contributed by atoms with Gasteiger partial charge in [-0.3, -0.25) is 0 Å². The normalized spacial score (nSPS) is 23.9. The van der Waals surface area contributed by atoms with Gasteiger partial charge in [0, 0.05) is 5.56 Å². The summed E-state index contributed by atoms with van der Waals surface area (Å²) in [5, 5.41) is 44.4. The molecule has 1 fully saturated rings. The average molecular weight is 557 g/mol. The Kier molecular flexibility index (Phi) is 6.91. The largest absolute Gasteiger partial charge is 0.394 e. The highest BCUT2D eigenvalue weighted by molar-refractivity contribution is 6.42. The number of aliphatic hydroxyl groups is 3. The molecule has 10 nitrogen and oxygen atoms in total. The molecule has 0 saturated carbocycles. The molecule has 5 rings (SSSR count). The van der Waals surface area contributed by atoms with Crippen LogP contribution in [0.3, 0.4) is 0 Å². The van der Waals surface area contributed by atoms with Crippen molar-refractivity contribution >= 4 is 23.2 Å². The van der Waals surface area contributed by atoms with Crippen LogP contribution in [0.4, 0.5) is 13.2 Å². The summed E-state index contributed by atoms with van der Waals surface area (Å²) in [6.45, 7) is -0.627. The van der Waals surface area contributed by atoms with Gasteiger partial charge in [0.15, 0.2) is 23.3 Å². The summed E-state index contributed by atoms with van der Waals surface area (Å²) in [6.07, 6.45) is -2.98. The standard InChI is InChI=1S/C22H17Cl2F3N6O4/c23-11-2-1-10(5-12(11)24)33-22(28-8-29-33)21-20(36)18(19(35)16(7-34)37-21)32-6-15(30-31-32)9-3-13(25)17(27)14(26)4-9/h1-6,8,16,18-21,34-36H,7H2/t16-,18+,19+,20-,21-/m1/s1. The predicted molar refractivity (Wildman–Crippen MR) is 122 cm³/mol. The first-order valence-electron chi connectivity index (χ1n) is 10.7. The van der Waals surface area contributed by atoms with Crippen LogP contribution >= 0.6 is 23.2 Å². The molecule has 0 amide bonds. The van der Waals surface area contributed by atoms with Crippen molar-refractivity contribution < 1.29 is 33.2 Å². The summed E-state index contributed by atoms with van der Waals surface area (Å²) in [4.78, 5) is 4.18. The number of nitrogens with zero attached hydrogens (tertiary/aromatic N) is 6. The van der Waals surface area contributed by atoms with Crippen LogP contribution in [0.1, 0.15) is 18.0 Å². The fourth-order valence-electron chi connectivity index (χ4n) is 4.15. The van der Waals surface area contributed by atoms with Crippen LogP contribution in [0.25, 0.3) is 16.9 Å². The molecule has 1 aliphatic heterocycles. The van der Waals surface area contributed by atoms with Crippen molar-refractivity contribution in [3.05, 3.63) is 76.2 Å². The van der Waals surface area contributed by atoms with E-state index in [1.165, 1.54) is 23.3 Å². The van der Waals surface area contributed by atoms with E-state index in [-0.39, 0.29) is 22.1 Å². The molecule has 0 bridgehead atoms. The lowest BCUT2D eigenvalue weighted by atomic mass is 9.92. The van der Waals surface area contributed by atoms with Gasteiger partial charge in [-0.15, -0.1) is 5.10 Å². The van der Waals surface area contributed by atoms with Crippen LogP contribution in [0.2, 0.25) is 10.0 Å².